The maximum absolute atomic E-state index is 11.6. The molecule has 2 heterocycles. The van der Waals surface area contributed by atoms with Gasteiger partial charge in [0, 0.05) is 38.3 Å². The quantitative estimate of drug-likeness (QED) is 0.596. The van der Waals surface area contributed by atoms with Gasteiger partial charge in [0.2, 0.25) is 5.91 Å². The molecule has 2 rings (SSSR count). The highest BCUT2D eigenvalue weighted by atomic mass is 16.4. The van der Waals surface area contributed by atoms with Crippen LogP contribution in [-0.2, 0) is 9.59 Å². The first-order valence-electron chi connectivity index (χ1n) is 5.32. The first-order valence-corrected chi connectivity index (χ1v) is 5.32. The summed E-state index contributed by atoms with van der Waals surface area (Å²) in [6, 6.07) is -0.0957. The summed E-state index contributed by atoms with van der Waals surface area (Å²) < 4.78 is 0. The predicted octanol–water partition coefficient (Wildman–Crippen LogP) is -1.14. The van der Waals surface area contributed by atoms with E-state index in [0.29, 0.717) is 26.2 Å². The molecule has 2 aliphatic rings. The van der Waals surface area contributed by atoms with Gasteiger partial charge in [0.25, 0.3) is 0 Å². The number of carboxylic acids is 1. The molecule has 2 fully saturated rings. The number of fused-ring (bicyclic) bond motifs is 1. The highest BCUT2D eigenvalue weighted by Crippen LogP contribution is 2.14. The molecule has 0 aromatic carbocycles. The van der Waals surface area contributed by atoms with Crippen molar-refractivity contribution in [2.45, 2.75) is 6.04 Å². The topological polar surface area (TPSA) is 90.0 Å². The number of nitrogens with zero attached hydrogens (tertiary/aromatic N) is 2. The summed E-state index contributed by atoms with van der Waals surface area (Å²) in [4.78, 5) is 36.5. The van der Waals surface area contributed by atoms with Crippen LogP contribution in [0.2, 0.25) is 0 Å². The molecule has 17 heavy (non-hydrogen) atoms. The van der Waals surface area contributed by atoms with Crippen LogP contribution in [0.15, 0.2) is 12.2 Å². The summed E-state index contributed by atoms with van der Waals surface area (Å²) in [7, 11) is 0. The maximum atomic E-state index is 11.6. The highest BCUT2D eigenvalue weighted by Gasteiger charge is 2.36. The van der Waals surface area contributed by atoms with E-state index in [0.717, 1.165) is 12.2 Å². The molecule has 2 saturated heterocycles. The van der Waals surface area contributed by atoms with Crippen molar-refractivity contribution in [2.24, 2.45) is 0 Å². The second kappa shape index (κ2) is 4.44. The molecule has 0 aromatic heterocycles. The molecule has 0 aliphatic carbocycles. The van der Waals surface area contributed by atoms with Crippen molar-refractivity contribution in [3.63, 3.8) is 0 Å². The zero-order chi connectivity index (χ0) is 12.4. The predicted molar refractivity (Wildman–Crippen MR) is 57.2 cm³/mol. The number of aliphatic carboxylic acids is 1. The molecule has 0 saturated carbocycles. The van der Waals surface area contributed by atoms with Crippen LogP contribution in [0.1, 0.15) is 0 Å². The first-order chi connectivity index (χ1) is 8.08. The molecule has 2 aliphatic heterocycles. The molecular formula is C10H13N3O4. The summed E-state index contributed by atoms with van der Waals surface area (Å²) in [6.45, 7) is 1.91. The van der Waals surface area contributed by atoms with Gasteiger partial charge in [0.15, 0.2) is 0 Å². The zero-order valence-corrected chi connectivity index (χ0v) is 9.13. The number of urea groups is 1. The van der Waals surface area contributed by atoms with Crippen molar-refractivity contribution in [2.75, 3.05) is 26.2 Å². The summed E-state index contributed by atoms with van der Waals surface area (Å²) in [5.74, 6) is -1.47. The first kappa shape index (κ1) is 11.4. The Hall–Kier alpha value is -2.05. The number of amides is 3. The van der Waals surface area contributed by atoms with E-state index < -0.39 is 5.97 Å². The van der Waals surface area contributed by atoms with Crippen LogP contribution < -0.4 is 5.32 Å². The van der Waals surface area contributed by atoms with Crippen LogP contribution in [0.4, 0.5) is 4.79 Å². The third-order valence-corrected chi connectivity index (χ3v) is 2.91. The van der Waals surface area contributed by atoms with Gasteiger partial charge in [-0.15, -0.1) is 0 Å². The van der Waals surface area contributed by atoms with E-state index in [-0.39, 0.29) is 18.0 Å². The van der Waals surface area contributed by atoms with Crippen LogP contribution in [0, 0.1) is 0 Å². The number of hydrogen-bond donors (Lipinski definition) is 2. The monoisotopic (exact) mass is 239 g/mol. The molecule has 0 radical (unpaired) electrons. The summed E-state index contributed by atoms with van der Waals surface area (Å²) in [6.07, 6.45) is 1.87. The maximum Gasteiger partial charge on any atom is 0.328 e. The molecule has 0 spiro atoms. The van der Waals surface area contributed by atoms with Gasteiger partial charge in [-0.25, -0.2) is 9.59 Å². The molecule has 1 unspecified atom stereocenters. The van der Waals surface area contributed by atoms with E-state index in [1.807, 2.05) is 0 Å². The van der Waals surface area contributed by atoms with Crippen LogP contribution in [0.25, 0.3) is 0 Å². The second-order valence-corrected chi connectivity index (χ2v) is 3.99. The van der Waals surface area contributed by atoms with Gasteiger partial charge in [-0.3, -0.25) is 4.79 Å². The van der Waals surface area contributed by atoms with Crippen LogP contribution >= 0.6 is 0 Å². The molecule has 92 valence electrons. The van der Waals surface area contributed by atoms with Gasteiger partial charge in [0.05, 0.1) is 6.04 Å². The minimum Gasteiger partial charge on any atom is -0.478 e. The Balaban J connectivity index is 1.95. The van der Waals surface area contributed by atoms with Crippen molar-refractivity contribution in [3.05, 3.63) is 12.2 Å². The fourth-order valence-corrected chi connectivity index (χ4v) is 2.05. The number of carbonyl (C=O) groups excluding carboxylic acids is 2. The zero-order valence-electron chi connectivity index (χ0n) is 9.13. The van der Waals surface area contributed by atoms with E-state index in [1.165, 1.54) is 0 Å². The normalized spacial score (nSPS) is 23.8. The molecule has 2 N–H and O–H groups in total. The van der Waals surface area contributed by atoms with Crippen molar-refractivity contribution < 1.29 is 19.5 Å². The van der Waals surface area contributed by atoms with Crippen LogP contribution in [0.3, 0.4) is 0 Å². The standard InChI is InChI=1S/C10H13N3O4/c14-8(1-2-9(15)16)12-3-4-13-7(6-12)5-11-10(13)17/h1-2,7H,3-6H2,(H,11,17)(H,15,16). The molecular weight excluding hydrogens is 226 g/mol. The molecule has 0 aromatic rings. The Labute approximate surface area is 97.7 Å². The average Bonchev–Trinajstić information content (AvgIpc) is 2.67. The molecule has 7 nitrogen and oxygen atoms in total. The Bertz CT molecular complexity index is 393. The van der Waals surface area contributed by atoms with E-state index in [1.54, 1.807) is 9.80 Å². The van der Waals surface area contributed by atoms with Crippen molar-refractivity contribution in [1.82, 2.24) is 15.1 Å². The number of nitrogens with one attached hydrogen (secondary N) is 1. The number of hydrogen-bond acceptors (Lipinski definition) is 3. The molecule has 7 heteroatoms. The summed E-state index contributed by atoms with van der Waals surface area (Å²) >= 11 is 0. The van der Waals surface area contributed by atoms with Crippen LogP contribution in [-0.4, -0.2) is 65.0 Å². The third kappa shape index (κ3) is 2.38. The number of rotatable bonds is 2. The molecule has 1 atom stereocenters. The van der Waals surface area contributed by atoms with Gasteiger partial charge >= 0.3 is 12.0 Å². The fraction of sp³-hybridized carbons (Fsp3) is 0.500. The average molecular weight is 239 g/mol. The van der Waals surface area contributed by atoms with Crippen LogP contribution in [0.5, 0.6) is 0 Å². The Morgan fingerprint density at radius 2 is 2.12 bits per heavy atom. The fourth-order valence-electron chi connectivity index (χ4n) is 2.05. The van der Waals surface area contributed by atoms with E-state index in [4.69, 9.17) is 5.11 Å². The number of carbonyl (C=O) groups is 3. The third-order valence-electron chi connectivity index (χ3n) is 2.91. The molecule has 3 amide bonds. The van der Waals surface area contributed by atoms with Gasteiger partial charge in [-0.1, -0.05) is 0 Å². The summed E-state index contributed by atoms with van der Waals surface area (Å²) in [5, 5.41) is 11.1. The van der Waals surface area contributed by atoms with Gasteiger partial charge in [-0.2, -0.15) is 0 Å². The smallest absolute Gasteiger partial charge is 0.328 e. The van der Waals surface area contributed by atoms with E-state index >= 15 is 0 Å². The highest BCUT2D eigenvalue weighted by molar-refractivity contribution is 5.94. The van der Waals surface area contributed by atoms with Gasteiger partial charge in [0.1, 0.15) is 0 Å². The second-order valence-electron chi connectivity index (χ2n) is 3.99. The minimum absolute atomic E-state index is 0.00146. The SMILES string of the molecule is O=C(O)C=CC(=O)N1CCN2C(=O)NCC2C1. The Kier molecular flexibility index (Phi) is 2.99. The van der Waals surface area contributed by atoms with Crippen molar-refractivity contribution in [1.29, 1.82) is 0 Å². The van der Waals surface area contributed by atoms with Crippen molar-refractivity contribution >= 4 is 17.9 Å². The molecule has 0 bridgehead atoms. The van der Waals surface area contributed by atoms with Gasteiger partial charge in [-0.05, 0) is 0 Å². The number of piperazine rings is 1. The lowest BCUT2D eigenvalue weighted by Crippen LogP contribution is -2.53. The van der Waals surface area contributed by atoms with Crippen molar-refractivity contribution in [3.8, 4) is 0 Å². The Morgan fingerprint density at radius 3 is 2.82 bits per heavy atom. The Morgan fingerprint density at radius 1 is 1.35 bits per heavy atom. The lowest BCUT2D eigenvalue weighted by atomic mass is 10.2. The van der Waals surface area contributed by atoms with E-state index in [9.17, 15) is 14.4 Å². The largest absolute Gasteiger partial charge is 0.478 e. The van der Waals surface area contributed by atoms with E-state index in [2.05, 4.69) is 5.32 Å². The lowest BCUT2D eigenvalue weighted by Gasteiger charge is -2.35. The van der Waals surface area contributed by atoms with Gasteiger partial charge < -0.3 is 20.2 Å². The summed E-state index contributed by atoms with van der Waals surface area (Å²) in [5.41, 5.74) is 0. The number of carboxylic acid groups (broad SMARTS) is 1. The lowest BCUT2D eigenvalue weighted by molar-refractivity contribution is -0.132. The minimum atomic E-state index is -1.14.